The summed E-state index contributed by atoms with van der Waals surface area (Å²) in [5, 5.41) is 25.8. The number of esters is 1. The summed E-state index contributed by atoms with van der Waals surface area (Å²) in [5.41, 5.74) is 0.655. The van der Waals surface area contributed by atoms with Crippen molar-refractivity contribution in [2.75, 3.05) is 32.8 Å². The van der Waals surface area contributed by atoms with Crippen LogP contribution in [0.2, 0.25) is 0 Å². The molecular weight excluding hydrogens is 428 g/mol. The molecule has 5 fully saturated rings. The second-order valence-electron chi connectivity index (χ2n) is 13.0. The Hall–Kier alpha value is -0.950. The van der Waals surface area contributed by atoms with E-state index in [2.05, 4.69) is 24.1 Å². The van der Waals surface area contributed by atoms with Crippen molar-refractivity contribution in [3.05, 3.63) is 11.6 Å². The number of hydrogen-bond acceptors (Lipinski definition) is 6. The molecule has 0 aromatic carbocycles. The summed E-state index contributed by atoms with van der Waals surface area (Å²) in [5.74, 6) is 1.75. The van der Waals surface area contributed by atoms with Gasteiger partial charge in [0.15, 0.2) is 0 Å². The fourth-order valence-corrected chi connectivity index (χ4v) is 10.1. The summed E-state index contributed by atoms with van der Waals surface area (Å²) in [6.45, 7) is 8.51. The molecule has 0 spiro atoms. The quantitative estimate of drug-likeness (QED) is 0.548. The maximum atomic E-state index is 12.4. The molecule has 2 heterocycles. The number of aliphatic hydroxyl groups is 2. The van der Waals surface area contributed by atoms with Crippen LogP contribution in [-0.4, -0.2) is 71.6 Å². The molecule has 0 bridgehead atoms. The number of fused-ring (bicyclic) bond motifs is 5. The SMILES string of the molecule is C[C@]12CC[C@H](N3CCNC[C@@H]3CO)C[C@H]1CC[C@@H]1[C@@H]2CC[C@]2(C)[C@@H](C3=CC(=O)OC3)CC[C@]12O. The van der Waals surface area contributed by atoms with E-state index in [1.165, 1.54) is 32.1 Å². The third-order valence-electron chi connectivity index (χ3n) is 12.0. The minimum Gasteiger partial charge on any atom is -0.458 e. The lowest BCUT2D eigenvalue weighted by atomic mass is 9.43. The predicted molar refractivity (Wildman–Crippen MR) is 130 cm³/mol. The van der Waals surface area contributed by atoms with Gasteiger partial charge < -0.3 is 20.3 Å². The highest BCUT2D eigenvalue weighted by Crippen LogP contribution is 2.70. The fraction of sp³-hybridized carbons (Fsp3) is 0.893. The Balaban J connectivity index is 1.22. The van der Waals surface area contributed by atoms with Gasteiger partial charge in [0.05, 0.1) is 12.2 Å². The monoisotopic (exact) mass is 472 g/mol. The van der Waals surface area contributed by atoms with Crippen molar-refractivity contribution in [2.24, 2.45) is 34.5 Å². The van der Waals surface area contributed by atoms with Crippen LogP contribution < -0.4 is 5.32 Å². The molecule has 6 aliphatic rings. The number of piperazine rings is 1. The lowest BCUT2D eigenvalue weighted by Crippen LogP contribution is -2.64. The van der Waals surface area contributed by atoms with Gasteiger partial charge in [-0.2, -0.15) is 0 Å². The zero-order valence-electron chi connectivity index (χ0n) is 21.1. The van der Waals surface area contributed by atoms with E-state index in [4.69, 9.17) is 4.74 Å². The minimum absolute atomic E-state index is 0.149. The number of carbonyl (C=O) groups excluding carboxylic acids is 1. The third kappa shape index (κ3) is 3.24. The van der Waals surface area contributed by atoms with Crippen LogP contribution in [0.4, 0.5) is 0 Å². The molecule has 6 nitrogen and oxygen atoms in total. The zero-order valence-corrected chi connectivity index (χ0v) is 21.1. The van der Waals surface area contributed by atoms with Crippen LogP contribution in [0.15, 0.2) is 11.6 Å². The van der Waals surface area contributed by atoms with E-state index in [1.807, 2.05) is 0 Å². The summed E-state index contributed by atoms with van der Waals surface area (Å²) in [6, 6.07) is 0.847. The lowest BCUT2D eigenvalue weighted by molar-refractivity contribution is -0.207. The summed E-state index contributed by atoms with van der Waals surface area (Å²) in [6.07, 6.45) is 11.9. The average Bonchev–Trinajstić information content (AvgIpc) is 3.38. The van der Waals surface area contributed by atoms with Crippen molar-refractivity contribution in [3.63, 3.8) is 0 Å². The Morgan fingerprint density at radius 2 is 1.97 bits per heavy atom. The molecule has 9 atom stereocenters. The molecule has 6 rings (SSSR count). The first-order valence-electron chi connectivity index (χ1n) is 14.0. The van der Waals surface area contributed by atoms with Gasteiger partial charge in [-0.3, -0.25) is 4.90 Å². The first kappa shape index (κ1) is 23.4. The van der Waals surface area contributed by atoms with Crippen molar-refractivity contribution in [3.8, 4) is 0 Å². The Bertz CT molecular complexity index is 861. The first-order valence-corrected chi connectivity index (χ1v) is 14.0. The summed E-state index contributed by atoms with van der Waals surface area (Å²) < 4.78 is 5.27. The van der Waals surface area contributed by atoms with Gasteiger partial charge in [0, 0.05) is 43.2 Å². The Morgan fingerprint density at radius 1 is 1.12 bits per heavy atom. The summed E-state index contributed by atoms with van der Waals surface area (Å²) in [4.78, 5) is 14.4. The summed E-state index contributed by atoms with van der Waals surface area (Å²) in [7, 11) is 0. The number of aliphatic hydroxyl groups excluding tert-OH is 1. The van der Waals surface area contributed by atoms with Gasteiger partial charge in [0.1, 0.15) is 6.61 Å². The van der Waals surface area contributed by atoms with Gasteiger partial charge in [0.2, 0.25) is 0 Å². The zero-order chi connectivity index (χ0) is 23.7. The molecule has 4 saturated carbocycles. The van der Waals surface area contributed by atoms with Crippen LogP contribution in [0, 0.1) is 34.5 Å². The van der Waals surface area contributed by atoms with E-state index in [0.717, 1.165) is 56.8 Å². The van der Waals surface area contributed by atoms with Gasteiger partial charge in [-0.05, 0) is 92.4 Å². The molecule has 0 aromatic rings. The van der Waals surface area contributed by atoms with Crippen molar-refractivity contribution in [1.29, 1.82) is 0 Å². The normalized spacial score (nSPS) is 51.3. The molecule has 0 radical (unpaired) electrons. The third-order valence-corrected chi connectivity index (χ3v) is 12.0. The highest BCUT2D eigenvalue weighted by Gasteiger charge is 2.67. The molecule has 0 amide bonds. The van der Waals surface area contributed by atoms with E-state index in [-0.39, 0.29) is 30.0 Å². The number of ether oxygens (including phenoxy) is 1. The number of hydrogen-bond donors (Lipinski definition) is 3. The first-order chi connectivity index (χ1) is 16.3. The van der Waals surface area contributed by atoms with Crippen LogP contribution in [0.3, 0.4) is 0 Å². The van der Waals surface area contributed by atoms with Gasteiger partial charge >= 0.3 is 5.97 Å². The van der Waals surface area contributed by atoms with Crippen molar-refractivity contribution in [2.45, 2.75) is 89.3 Å². The molecule has 4 aliphatic carbocycles. The number of rotatable bonds is 3. The molecule has 1 saturated heterocycles. The number of nitrogens with one attached hydrogen (secondary N) is 1. The second kappa shape index (κ2) is 8.29. The smallest absolute Gasteiger partial charge is 0.331 e. The molecule has 34 heavy (non-hydrogen) atoms. The van der Waals surface area contributed by atoms with Crippen molar-refractivity contribution < 1.29 is 19.7 Å². The second-order valence-corrected chi connectivity index (χ2v) is 13.0. The van der Waals surface area contributed by atoms with E-state index in [0.29, 0.717) is 29.9 Å². The van der Waals surface area contributed by atoms with Crippen molar-refractivity contribution >= 4 is 5.97 Å². The largest absolute Gasteiger partial charge is 0.458 e. The van der Waals surface area contributed by atoms with E-state index in [1.54, 1.807) is 6.08 Å². The van der Waals surface area contributed by atoms with E-state index < -0.39 is 5.60 Å². The van der Waals surface area contributed by atoms with Crippen LogP contribution in [-0.2, 0) is 9.53 Å². The molecule has 2 aliphatic heterocycles. The topological polar surface area (TPSA) is 82.0 Å². The maximum absolute atomic E-state index is 12.4. The van der Waals surface area contributed by atoms with Crippen LogP contribution >= 0.6 is 0 Å². The molecular formula is C28H44N2O4. The van der Waals surface area contributed by atoms with E-state index >= 15 is 0 Å². The van der Waals surface area contributed by atoms with E-state index in [9.17, 15) is 15.0 Å². The standard InChI is InChI=1S/C28H44N2O4/c1-26-8-5-20(30-12-11-29-15-21(30)16-31)14-19(26)3-4-24-23(26)6-9-27(2)22(7-10-28(24,27)33)18-13-25(32)34-17-18/h13,19-24,29,31,33H,3-12,14-17H2,1-2H3/t19-,20+,21-,22-,23+,24-,26+,27-,28+/m1/s1. The Morgan fingerprint density at radius 3 is 2.74 bits per heavy atom. The Kier molecular flexibility index (Phi) is 5.72. The highest BCUT2D eigenvalue weighted by atomic mass is 16.5. The number of nitrogens with zero attached hydrogens (tertiary/aromatic N) is 1. The van der Waals surface area contributed by atoms with Crippen LogP contribution in [0.25, 0.3) is 0 Å². The highest BCUT2D eigenvalue weighted by molar-refractivity contribution is 5.85. The molecule has 3 N–H and O–H groups in total. The summed E-state index contributed by atoms with van der Waals surface area (Å²) >= 11 is 0. The van der Waals surface area contributed by atoms with Gasteiger partial charge in [0.25, 0.3) is 0 Å². The number of carbonyl (C=O) groups is 1. The van der Waals surface area contributed by atoms with Crippen molar-refractivity contribution in [1.82, 2.24) is 10.2 Å². The van der Waals surface area contributed by atoms with Crippen LogP contribution in [0.5, 0.6) is 0 Å². The molecule has 0 aromatic heterocycles. The van der Waals surface area contributed by atoms with Gasteiger partial charge in [-0.1, -0.05) is 13.8 Å². The molecule has 190 valence electrons. The lowest BCUT2D eigenvalue weighted by Gasteiger charge is -2.64. The fourth-order valence-electron chi connectivity index (χ4n) is 10.1. The molecule has 6 heteroatoms. The predicted octanol–water partition coefficient (Wildman–Crippen LogP) is 2.88. The van der Waals surface area contributed by atoms with Crippen LogP contribution in [0.1, 0.15) is 71.6 Å². The maximum Gasteiger partial charge on any atom is 0.331 e. The molecule has 0 unspecified atom stereocenters. The average molecular weight is 473 g/mol. The van der Waals surface area contributed by atoms with Gasteiger partial charge in [-0.25, -0.2) is 4.79 Å². The minimum atomic E-state index is -0.627. The van der Waals surface area contributed by atoms with Gasteiger partial charge in [-0.15, -0.1) is 0 Å². The number of cyclic esters (lactones) is 1. The Labute approximate surface area is 204 Å².